The molecule has 1 saturated heterocycles. The number of hydrogen-bond acceptors (Lipinski definition) is 3. The summed E-state index contributed by atoms with van der Waals surface area (Å²) < 4.78 is 0. The van der Waals surface area contributed by atoms with Gasteiger partial charge in [0.2, 0.25) is 5.91 Å². The molecule has 1 unspecified atom stereocenters. The van der Waals surface area contributed by atoms with E-state index in [0.29, 0.717) is 5.02 Å². The third-order valence-electron chi connectivity index (χ3n) is 4.94. The lowest BCUT2D eigenvalue weighted by Gasteiger charge is -2.38. The van der Waals surface area contributed by atoms with Crippen molar-refractivity contribution in [3.63, 3.8) is 0 Å². The van der Waals surface area contributed by atoms with E-state index in [1.165, 1.54) is 0 Å². The van der Waals surface area contributed by atoms with Crippen LogP contribution in [0.15, 0.2) is 42.5 Å². The minimum Gasteiger partial charge on any atom is -0.369 e. The fraction of sp³-hybridized carbons (Fsp3) is 0.350. The first-order valence-electron chi connectivity index (χ1n) is 8.76. The van der Waals surface area contributed by atoms with E-state index in [1.807, 2.05) is 50.2 Å². The highest BCUT2D eigenvalue weighted by Gasteiger charge is 2.26. The van der Waals surface area contributed by atoms with Crippen molar-refractivity contribution in [2.24, 2.45) is 0 Å². The van der Waals surface area contributed by atoms with Crippen molar-refractivity contribution >= 4 is 40.5 Å². The van der Waals surface area contributed by atoms with E-state index in [9.17, 15) is 4.79 Å². The molecule has 4 nitrogen and oxygen atoms in total. The maximum atomic E-state index is 12.6. The standard InChI is InChI=1S/C20H23Cl2N3O/c1-14-18(22)7-4-8-19(14)23-20(26)15(2)24-9-11-25(12-10-24)17-6-3-5-16(21)13-17/h3-8,13,15H,9-12H2,1-2H3,(H,23,26). The summed E-state index contributed by atoms with van der Waals surface area (Å²) in [5.74, 6) is -0.00780. The van der Waals surface area contributed by atoms with Crippen LogP contribution >= 0.6 is 23.2 Å². The zero-order valence-corrected chi connectivity index (χ0v) is 16.5. The molecule has 1 aliphatic heterocycles. The van der Waals surface area contributed by atoms with Crippen LogP contribution in [0, 0.1) is 6.92 Å². The van der Waals surface area contributed by atoms with Gasteiger partial charge in [0.05, 0.1) is 6.04 Å². The van der Waals surface area contributed by atoms with Gasteiger partial charge >= 0.3 is 0 Å². The number of rotatable bonds is 4. The Hall–Kier alpha value is -1.75. The molecule has 0 aliphatic carbocycles. The van der Waals surface area contributed by atoms with E-state index in [0.717, 1.165) is 48.1 Å². The second-order valence-corrected chi connectivity index (χ2v) is 7.42. The Morgan fingerprint density at radius 3 is 2.46 bits per heavy atom. The summed E-state index contributed by atoms with van der Waals surface area (Å²) in [7, 11) is 0. The van der Waals surface area contributed by atoms with Crippen LogP contribution in [-0.4, -0.2) is 43.0 Å². The average molecular weight is 392 g/mol. The van der Waals surface area contributed by atoms with E-state index >= 15 is 0 Å². The summed E-state index contributed by atoms with van der Waals surface area (Å²) in [6.45, 7) is 7.25. The molecule has 1 N–H and O–H groups in total. The quantitative estimate of drug-likeness (QED) is 0.835. The van der Waals surface area contributed by atoms with Gasteiger partial charge in [-0.25, -0.2) is 0 Å². The lowest BCUT2D eigenvalue weighted by atomic mass is 10.1. The Balaban J connectivity index is 1.58. The maximum Gasteiger partial charge on any atom is 0.241 e. The van der Waals surface area contributed by atoms with Crippen molar-refractivity contribution < 1.29 is 4.79 Å². The Bertz CT molecular complexity index is 788. The van der Waals surface area contributed by atoms with Gasteiger partial charge in [-0.1, -0.05) is 35.3 Å². The highest BCUT2D eigenvalue weighted by atomic mass is 35.5. The van der Waals surface area contributed by atoms with Gasteiger partial charge in [-0.15, -0.1) is 0 Å². The summed E-state index contributed by atoms with van der Waals surface area (Å²) in [5, 5.41) is 4.41. The van der Waals surface area contributed by atoms with Gasteiger partial charge < -0.3 is 10.2 Å². The number of amides is 1. The van der Waals surface area contributed by atoms with E-state index < -0.39 is 0 Å². The average Bonchev–Trinajstić information content (AvgIpc) is 2.65. The molecule has 1 aliphatic rings. The fourth-order valence-electron chi connectivity index (χ4n) is 3.19. The number of benzene rings is 2. The minimum absolute atomic E-state index is 0.00780. The molecule has 0 spiro atoms. The molecule has 0 saturated carbocycles. The van der Waals surface area contributed by atoms with Gasteiger partial charge in [-0.2, -0.15) is 0 Å². The van der Waals surface area contributed by atoms with Gasteiger partial charge in [0.15, 0.2) is 0 Å². The summed E-state index contributed by atoms with van der Waals surface area (Å²) in [5.41, 5.74) is 2.79. The van der Waals surface area contributed by atoms with Gasteiger partial charge in [-0.3, -0.25) is 9.69 Å². The first-order valence-corrected chi connectivity index (χ1v) is 9.52. The molecule has 2 aromatic rings. The molecule has 0 aromatic heterocycles. The van der Waals surface area contributed by atoms with Gasteiger partial charge in [0, 0.05) is 47.6 Å². The predicted molar refractivity (Wildman–Crippen MR) is 110 cm³/mol. The molecule has 0 radical (unpaired) electrons. The first kappa shape index (κ1) is 19.0. The molecule has 3 rings (SSSR count). The van der Waals surface area contributed by atoms with E-state index in [-0.39, 0.29) is 11.9 Å². The van der Waals surface area contributed by atoms with Crippen molar-refractivity contribution in [2.45, 2.75) is 19.9 Å². The second kappa shape index (κ2) is 8.30. The number of nitrogens with zero attached hydrogens (tertiary/aromatic N) is 2. The topological polar surface area (TPSA) is 35.6 Å². The number of carbonyl (C=O) groups excluding carboxylic acids is 1. The van der Waals surface area contributed by atoms with Crippen molar-refractivity contribution in [3.05, 3.63) is 58.1 Å². The van der Waals surface area contributed by atoms with Crippen LogP contribution in [0.2, 0.25) is 10.0 Å². The normalized spacial score (nSPS) is 16.4. The Morgan fingerprint density at radius 2 is 1.77 bits per heavy atom. The molecular weight excluding hydrogens is 369 g/mol. The summed E-state index contributed by atoms with van der Waals surface area (Å²) in [4.78, 5) is 17.1. The van der Waals surface area contributed by atoms with Gasteiger partial charge in [0.1, 0.15) is 0 Å². The zero-order chi connectivity index (χ0) is 18.7. The monoisotopic (exact) mass is 391 g/mol. The van der Waals surface area contributed by atoms with E-state index in [2.05, 4.69) is 21.2 Å². The lowest BCUT2D eigenvalue weighted by Crippen LogP contribution is -2.52. The molecule has 0 bridgehead atoms. The molecule has 6 heteroatoms. The first-order chi connectivity index (χ1) is 12.5. The Kier molecular flexibility index (Phi) is 6.07. The molecule has 2 aromatic carbocycles. The molecule has 26 heavy (non-hydrogen) atoms. The number of carbonyl (C=O) groups is 1. The fourth-order valence-corrected chi connectivity index (χ4v) is 3.55. The highest BCUT2D eigenvalue weighted by Crippen LogP contribution is 2.24. The van der Waals surface area contributed by atoms with Crippen LogP contribution in [0.4, 0.5) is 11.4 Å². The molecule has 1 atom stereocenters. The van der Waals surface area contributed by atoms with Crippen molar-refractivity contribution in [3.8, 4) is 0 Å². The molecule has 1 fully saturated rings. The van der Waals surface area contributed by atoms with Crippen LogP contribution < -0.4 is 10.2 Å². The summed E-state index contributed by atoms with van der Waals surface area (Å²) in [6.07, 6.45) is 0. The van der Waals surface area contributed by atoms with Crippen molar-refractivity contribution in [2.75, 3.05) is 36.4 Å². The number of hydrogen-bond donors (Lipinski definition) is 1. The zero-order valence-electron chi connectivity index (χ0n) is 15.0. The van der Waals surface area contributed by atoms with Crippen LogP contribution in [0.1, 0.15) is 12.5 Å². The third kappa shape index (κ3) is 4.32. The second-order valence-electron chi connectivity index (χ2n) is 6.58. The number of piperazine rings is 1. The number of nitrogens with one attached hydrogen (secondary N) is 1. The van der Waals surface area contributed by atoms with Crippen LogP contribution in [0.25, 0.3) is 0 Å². The highest BCUT2D eigenvalue weighted by molar-refractivity contribution is 6.31. The Morgan fingerprint density at radius 1 is 1.08 bits per heavy atom. The summed E-state index contributed by atoms with van der Waals surface area (Å²) >= 11 is 12.2. The maximum absolute atomic E-state index is 12.6. The molecule has 138 valence electrons. The predicted octanol–water partition coefficient (Wildman–Crippen LogP) is 4.45. The van der Waals surface area contributed by atoms with Crippen molar-refractivity contribution in [1.82, 2.24) is 4.90 Å². The van der Waals surface area contributed by atoms with Crippen LogP contribution in [0.3, 0.4) is 0 Å². The largest absolute Gasteiger partial charge is 0.369 e. The number of halogens is 2. The lowest BCUT2D eigenvalue weighted by molar-refractivity contribution is -0.120. The Labute approximate surface area is 164 Å². The van der Waals surface area contributed by atoms with Gasteiger partial charge in [0.25, 0.3) is 0 Å². The molecule has 1 heterocycles. The van der Waals surface area contributed by atoms with Crippen molar-refractivity contribution in [1.29, 1.82) is 0 Å². The third-order valence-corrected chi connectivity index (χ3v) is 5.58. The molecule has 1 amide bonds. The summed E-state index contributed by atoms with van der Waals surface area (Å²) in [6, 6.07) is 13.2. The van der Waals surface area contributed by atoms with E-state index in [1.54, 1.807) is 0 Å². The molecular formula is C20H23Cl2N3O. The van der Waals surface area contributed by atoms with Gasteiger partial charge in [-0.05, 0) is 49.7 Å². The SMILES string of the molecule is Cc1c(Cl)cccc1NC(=O)C(C)N1CCN(c2cccc(Cl)c2)CC1. The van der Waals surface area contributed by atoms with E-state index in [4.69, 9.17) is 23.2 Å². The number of anilines is 2. The van der Waals surface area contributed by atoms with Crippen LogP contribution in [-0.2, 0) is 4.79 Å². The minimum atomic E-state index is -0.199. The smallest absolute Gasteiger partial charge is 0.241 e. The van der Waals surface area contributed by atoms with Crippen LogP contribution in [0.5, 0.6) is 0 Å².